The molecule has 0 N–H and O–H groups in total. The van der Waals surface area contributed by atoms with Crippen molar-refractivity contribution in [3.63, 3.8) is 0 Å². The van der Waals surface area contributed by atoms with Gasteiger partial charge in [0.05, 0.1) is 6.61 Å². The van der Waals surface area contributed by atoms with Crippen molar-refractivity contribution in [2.45, 2.75) is 239 Å². The van der Waals surface area contributed by atoms with Gasteiger partial charge in [0.15, 0.2) is 0 Å². The first kappa shape index (κ1) is 43.2. The molecule has 262 valence electrons. The quantitative estimate of drug-likeness (QED) is 0.0393. The highest BCUT2D eigenvalue weighted by Gasteiger charge is 2.12. The lowest BCUT2D eigenvalue weighted by Gasteiger charge is -2.17. The molecule has 0 heterocycles. The number of allylic oxidation sites excluding steroid dienone is 2. The van der Waals surface area contributed by atoms with E-state index in [-0.39, 0.29) is 5.97 Å². The fourth-order valence-electron chi connectivity index (χ4n) is 6.42. The Labute approximate surface area is 278 Å². The Morgan fingerprint density at radius 1 is 0.432 bits per heavy atom. The summed E-state index contributed by atoms with van der Waals surface area (Å²) in [6, 6.07) is 0. The molecule has 2 heteroatoms. The van der Waals surface area contributed by atoms with E-state index in [2.05, 4.69) is 32.9 Å². The van der Waals surface area contributed by atoms with Gasteiger partial charge in [0, 0.05) is 6.42 Å². The third-order valence-corrected chi connectivity index (χ3v) is 9.55. The maximum absolute atomic E-state index is 12.5. The van der Waals surface area contributed by atoms with Crippen LogP contribution in [0.2, 0.25) is 0 Å². The molecule has 44 heavy (non-hydrogen) atoms. The molecule has 0 radical (unpaired) electrons. The number of ether oxygens (including phenoxy) is 1. The first-order valence-electron chi connectivity index (χ1n) is 20.5. The normalized spacial score (nSPS) is 12.3. The van der Waals surface area contributed by atoms with Gasteiger partial charge in [-0.3, -0.25) is 4.79 Å². The van der Waals surface area contributed by atoms with E-state index in [4.69, 9.17) is 4.74 Å². The number of carbonyl (C=O) groups is 1. The molecule has 0 aliphatic carbocycles. The molecule has 0 aromatic carbocycles. The summed E-state index contributed by atoms with van der Waals surface area (Å²) in [5.41, 5.74) is 0. The van der Waals surface area contributed by atoms with E-state index in [0.717, 1.165) is 12.8 Å². The number of hydrogen-bond acceptors (Lipinski definition) is 2. The molecular weight excluding hydrogens is 536 g/mol. The highest BCUT2D eigenvalue weighted by molar-refractivity contribution is 5.69. The topological polar surface area (TPSA) is 26.3 Å². The smallest absolute Gasteiger partial charge is 0.305 e. The molecule has 0 aromatic heterocycles. The Hall–Kier alpha value is -0.790. The SMILES string of the molecule is CCCCCC/C=C\CCCCCCCC(=O)OCC(CCCCCCCCCC)CCCCCCCCCCCCCC. The molecule has 0 saturated carbocycles. The lowest BCUT2D eigenvalue weighted by atomic mass is 9.94. The fraction of sp³-hybridized carbons (Fsp3) is 0.929. The van der Waals surface area contributed by atoms with Gasteiger partial charge in [-0.25, -0.2) is 0 Å². The van der Waals surface area contributed by atoms with Crippen molar-refractivity contribution in [2.24, 2.45) is 5.92 Å². The number of esters is 1. The first-order valence-corrected chi connectivity index (χ1v) is 20.5. The molecule has 0 saturated heterocycles. The molecule has 0 bridgehead atoms. The zero-order chi connectivity index (χ0) is 32.0. The van der Waals surface area contributed by atoms with Crippen LogP contribution in [0.25, 0.3) is 0 Å². The Balaban J connectivity index is 4.00. The Kier molecular flexibility index (Phi) is 37.7. The second-order valence-corrected chi connectivity index (χ2v) is 14.1. The van der Waals surface area contributed by atoms with Crippen molar-refractivity contribution < 1.29 is 9.53 Å². The fourth-order valence-corrected chi connectivity index (χ4v) is 6.42. The van der Waals surface area contributed by atoms with Crippen molar-refractivity contribution >= 4 is 5.97 Å². The highest BCUT2D eigenvalue weighted by Crippen LogP contribution is 2.21. The predicted octanol–water partition coefficient (Wildman–Crippen LogP) is 15.0. The zero-order valence-corrected chi connectivity index (χ0v) is 30.8. The average molecular weight is 619 g/mol. The molecule has 0 aliphatic heterocycles. The van der Waals surface area contributed by atoms with Gasteiger partial charge >= 0.3 is 5.97 Å². The summed E-state index contributed by atoms with van der Waals surface area (Å²) in [6.45, 7) is 7.53. The summed E-state index contributed by atoms with van der Waals surface area (Å²) < 4.78 is 5.84. The van der Waals surface area contributed by atoms with Crippen molar-refractivity contribution in [1.29, 1.82) is 0 Å². The standard InChI is InChI=1S/C42H82O2/c1-4-7-10-13-16-19-21-23-25-27-30-33-36-39-42(43)44-40-41(37-34-31-28-18-15-12-9-6-3)38-35-32-29-26-24-22-20-17-14-11-8-5-2/h19,21,41H,4-18,20,22-40H2,1-3H3/b21-19-. The van der Waals surface area contributed by atoms with Gasteiger partial charge in [0.25, 0.3) is 0 Å². The van der Waals surface area contributed by atoms with Gasteiger partial charge < -0.3 is 4.74 Å². The first-order chi connectivity index (χ1) is 21.7. The highest BCUT2D eigenvalue weighted by atomic mass is 16.5. The van der Waals surface area contributed by atoms with E-state index in [0.29, 0.717) is 18.9 Å². The Morgan fingerprint density at radius 3 is 1.16 bits per heavy atom. The van der Waals surface area contributed by atoms with Crippen LogP contribution in [-0.2, 0) is 9.53 Å². The molecular formula is C42H82O2. The van der Waals surface area contributed by atoms with Crippen LogP contribution in [0.5, 0.6) is 0 Å². The summed E-state index contributed by atoms with van der Waals surface area (Å²) in [7, 11) is 0. The second-order valence-electron chi connectivity index (χ2n) is 14.1. The minimum absolute atomic E-state index is 0.0478. The van der Waals surface area contributed by atoms with Crippen LogP contribution in [0.15, 0.2) is 12.2 Å². The number of hydrogen-bond donors (Lipinski definition) is 0. The van der Waals surface area contributed by atoms with Crippen molar-refractivity contribution in [1.82, 2.24) is 0 Å². The number of unbranched alkanes of at least 4 members (excludes halogenated alkanes) is 27. The Morgan fingerprint density at radius 2 is 0.750 bits per heavy atom. The molecule has 0 amide bonds. The van der Waals surface area contributed by atoms with Crippen molar-refractivity contribution in [2.75, 3.05) is 6.61 Å². The van der Waals surface area contributed by atoms with E-state index in [9.17, 15) is 4.79 Å². The van der Waals surface area contributed by atoms with Gasteiger partial charge in [-0.05, 0) is 50.9 Å². The van der Waals surface area contributed by atoms with Crippen LogP contribution >= 0.6 is 0 Å². The lowest BCUT2D eigenvalue weighted by Crippen LogP contribution is -2.14. The van der Waals surface area contributed by atoms with Crippen molar-refractivity contribution in [3.8, 4) is 0 Å². The molecule has 0 fully saturated rings. The second kappa shape index (κ2) is 38.4. The van der Waals surface area contributed by atoms with Crippen LogP contribution in [0.4, 0.5) is 0 Å². The molecule has 2 nitrogen and oxygen atoms in total. The summed E-state index contributed by atoms with van der Waals surface area (Å²) in [5.74, 6) is 0.619. The minimum Gasteiger partial charge on any atom is -0.465 e. The van der Waals surface area contributed by atoms with Crippen LogP contribution in [0, 0.1) is 5.92 Å². The van der Waals surface area contributed by atoms with E-state index >= 15 is 0 Å². The molecule has 0 aliphatic rings. The summed E-state index contributed by atoms with van der Waals surface area (Å²) >= 11 is 0. The van der Waals surface area contributed by atoms with E-state index in [1.165, 1.54) is 199 Å². The minimum atomic E-state index is 0.0478. The van der Waals surface area contributed by atoms with Gasteiger partial charge in [-0.15, -0.1) is 0 Å². The third-order valence-electron chi connectivity index (χ3n) is 9.55. The summed E-state index contributed by atoms with van der Waals surface area (Å²) in [6.07, 6.45) is 49.5. The van der Waals surface area contributed by atoms with Gasteiger partial charge in [-0.2, -0.15) is 0 Å². The largest absolute Gasteiger partial charge is 0.465 e. The third kappa shape index (κ3) is 35.7. The maximum Gasteiger partial charge on any atom is 0.305 e. The van der Waals surface area contributed by atoms with Crippen molar-refractivity contribution in [3.05, 3.63) is 12.2 Å². The van der Waals surface area contributed by atoms with Crippen LogP contribution in [0.3, 0.4) is 0 Å². The monoisotopic (exact) mass is 619 g/mol. The zero-order valence-electron chi connectivity index (χ0n) is 30.8. The molecule has 1 atom stereocenters. The average Bonchev–Trinajstić information content (AvgIpc) is 3.03. The number of carbonyl (C=O) groups excluding carboxylic acids is 1. The van der Waals surface area contributed by atoms with E-state index < -0.39 is 0 Å². The molecule has 0 aromatic rings. The summed E-state index contributed by atoms with van der Waals surface area (Å²) in [4.78, 5) is 12.5. The van der Waals surface area contributed by atoms with Crippen LogP contribution < -0.4 is 0 Å². The lowest BCUT2D eigenvalue weighted by molar-refractivity contribution is -0.145. The maximum atomic E-state index is 12.5. The molecule has 0 spiro atoms. The molecule has 0 rings (SSSR count). The van der Waals surface area contributed by atoms with Gasteiger partial charge in [-0.1, -0.05) is 200 Å². The summed E-state index contributed by atoms with van der Waals surface area (Å²) in [5, 5.41) is 0. The van der Waals surface area contributed by atoms with Gasteiger partial charge in [0.2, 0.25) is 0 Å². The van der Waals surface area contributed by atoms with Gasteiger partial charge in [0.1, 0.15) is 0 Å². The van der Waals surface area contributed by atoms with E-state index in [1.54, 1.807) is 0 Å². The van der Waals surface area contributed by atoms with Crippen LogP contribution in [-0.4, -0.2) is 12.6 Å². The predicted molar refractivity (Wildman–Crippen MR) is 198 cm³/mol. The van der Waals surface area contributed by atoms with Crippen LogP contribution in [0.1, 0.15) is 239 Å². The number of rotatable bonds is 37. The molecule has 1 unspecified atom stereocenters. The van der Waals surface area contributed by atoms with E-state index in [1.807, 2.05) is 0 Å². The Bertz CT molecular complexity index is 568.